The Kier molecular flexibility index (Phi) is 4.56. The minimum atomic E-state index is -0.258. The van der Waals surface area contributed by atoms with Gasteiger partial charge in [0.2, 0.25) is 0 Å². The molecule has 0 bridgehead atoms. The van der Waals surface area contributed by atoms with Gasteiger partial charge in [0, 0.05) is 33.8 Å². The molecule has 5 rings (SSSR count). The van der Waals surface area contributed by atoms with Gasteiger partial charge in [0.05, 0.1) is 12.6 Å². The van der Waals surface area contributed by atoms with Crippen molar-refractivity contribution in [2.75, 3.05) is 11.9 Å². The highest BCUT2D eigenvalue weighted by molar-refractivity contribution is 6.30. The molecule has 3 aromatic carbocycles. The van der Waals surface area contributed by atoms with E-state index in [1.165, 1.54) is 21.9 Å². The minimum Gasteiger partial charge on any atom is -0.494 e. The van der Waals surface area contributed by atoms with Crippen LogP contribution in [0.25, 0.3) is 16.3 Å². The Labute approximate surface area is 175 Å². The topological polar surface area (TPSA) is 38.3 Å². The summed E-state index contributed by atoms with van der Waals surface area (Å²) in [5, 5.41) is 6.66. The lowest BCUT2D eigenvalue weighted by atomic mass is 9.76. The molecule has 2 aliphatic rings. The minimum absolute atomic E-state index is 0.213. The molecule has 0 spiro atoms. The summed E-state index contributed by atoms with van der Waals surface area (Å²) in [6.07, 6.45) is 2.38. The molecule has 4 heteroatoms. The third kappa shape index (κ3) is 3.01. The Hall–Kier alpha value is -2.78. The van der Waals surface area contributed by atoms with Crippen molar-refractivity contribution >= 4 is 39.4 Å². The Morgan fingerprint density at radius 2 is 1.97 bits per heavy atom. The maximum atomic E-state index is 13.1. The molecule has 0 aromatic heterocycles. The van der Waals surface area contributed by atoms with Gasteiger partial charge >= 0.3 is 0 Å². The zero-order valence-electron chi connectivity index (χ0n) is 16.3. The number of nitrogens with one attached hydrogen (secondary N) is 1. The van der Waals surface area contributed by atoms with Gasteiger partial charge in [0.25, 0.3) is 0 Å². The van der Waals surface area contributed by atoms with Gasteiger partial charge in [0.15, 0.2) is 5.78 Å². The number of allylic oxidation sites excluding steroid dienone is 1. The number of benzene rings is 3. The summed E-state index contributed by atoms with van der Waals surface area (Å²) in [4.78, 5) is 13.1. The second-order valence-corrected chi connectivity index (χ2v) is 8.01. The van der Waals surface area contributed by atoms with Gasteiger partial charge < -0.3 is 10.1 Å². The van der Waals surface area contributed by atoms with Crippen LogP contribution < -0.4 is 10.1 Å². The second kappa shape index (κ2) is 7.23. The molecule has 1 aliphatic heterocycles. The number of anilines is 1. The maximum absolute atomic E-state index is 13.1. The molecule has 1 atom stereocenters. The second-order valence-electron chi connectivity index (χ2n) is 7.57. The van der Waals surface area contributed by atoms with Crippen molar-refractivity contribution in [2.24, 2.45) is 0 Å². The van der Waals surface area contributed by atoms with Crippen molar-refractivity contribution < 1.29 is 9.53 Å². The fourth-order valence-corrected chi connectivity index (χ4v) is 4.85. The van der Waals surface area contributed by atoms with E-state index < -0.39 is 0 Å². The fourth-order valence-electron chi connectivity index (χ4n) is 4.67. The van der Waals surface area contributed by atoms with Crippen LogP contribution in [0.5, 0.6) is 5.75 Å². The van der Waals surface area contributed by atoms with Crippen LogP contribution in [0.3, 0.4) is 0 Å². The smallest absolute Gasteiger partial charge is 0.161 e. The number of fused-ring (bicyclic) bond motifs is 4. The quantitative estimate of drug-likeness (QED) is 0.537. The summed E-state index contributed by atoms with van der Waals surface area (Å²) in [5.74, 6) is 0.980. The van der Waals surface area contributed by atoms with Crippen LogP contribution in [0.15, 0.2) is 60.2 Å². The molecule has 1 heterocycles. The molecule has 0 saturated carbocycles. The highest BCUT2D eigenvalue weighted by atomic mass is 35.5. The predicted octanol–water partition coefficient (Wildman–Crippen LogP) is 6.57. The van der Waals surface area contributed by atoms with E-state index in [0.717, 1.165) is 35.4 Å². The summed E-state index contributed by atoms with van der Waals surface area (Å²) in [6, 6.07) is 18.0. The third-order valence-electron chi connectivity index (χ3n) is 5.86. The number of hydrogen-bond acceptors (Lipinski definition) is 3. The van der Waals surface area contributed by atoms with Gasteiger partial charge in [-0.25, -0.2) is 0 Å². The van der Waals surface area contributed by atoms with E-state index in [1.54, 1.807) is 0 Å². The maximum Gasteiger partial charge on any atom is 0.161 e. The van der Waals surface area contributed by atoms with Crippen LogP contribution in [0, 0.1) is 0 Å². The molecule has 0 fully saturated rings. The van der Waals surface area contributed by atoms with E-state index in [-0.39, 0.29) is 11.8 Å². The standard InChI is InChI=1S/C25H22ClNO2/c1-2-29-22-13-11-16(26)14-19(22)25-24-18(8-5-9-21(24)28)23-17-7-4-3-6-15(17)10-12-20(23)27-25/h3-4,6-7,10-14,25,27H,2,5,8-9H2,1H3/t25-/m1/s1. The number of Topliss-reactive ketones (excluding diaryl/α,β-unsaturated/α-hetero) is 1. The molecule has 3 aromatic rings. The summed E-state index contributed by atoms with van der Waals surface area (Å²) < 4.78 is 5.89. The van der Waals surface area contributed by atoms with Crippen LogP contribution in [0.4, 0.5) is 5.69 Å². The molecule has 29 heavy (non-hydrogen) atoms. The van der Waals surface area contributed by atoms with E-state index >= 15 is 0 Å². The SMILES string of the molecule is CCOc1ccc(Cl)cc1[C@H]1Nc2ccc3ccccc3c2C2=C1C(=O)CCC2. The van der Waals surface area contributed by atoms with Gasteiger partial charge in [-0.1, -0.05) is 41.9 Å². The molecular weight excluding hydrogens is 382 g/mol. The average molecular weight is 404 g/mol. The molecule has 0 saturated heterocycles. The van der Waals surface area contributed by atoms with Gasteiger partial charge in [-0.05, 0) is 60.4 Å². The van der Waals surface area contributed by atoms with Gasteiger partial charge in [-0.2, -0.15) is 0 Å². The highest BCUT2D eigenvalue weighted by Crippen LogP contribution is 2.49. The summed E-state index contributed by atoms with van der Waals surface area (Å²) in [6.45, 7) is 2.52. The molecule has 1 N–H and O–H groups in total. The van der Waals surface area contributed by atoms with Crippen LogP contribution in [0.2, 0.25) is 5.02 Å². The van der Waals surface area contributed by atoms with Gasteiger partial charge in [0.1, 0.15) is 5.75 Å². The molecule has 1 aliphatic carbocycles. The van der Waals surface area contributed by atoms with Crippen molar-refractivity contribution in [3.05, 3.63) is 76.3 Å². The van der Waals surface area contributed by atoms with E-state index in [1.807, 2.05) is 25.1 Å². The van der Waals surface area contributed by atoms with Crippen LogP contribution >= 0.6 is 11.6 Å². The largest absolute Gasteiger partial charge is 0.494 e. The average Bonchev–Trinajstić information content (AvgIpc) is 2.74. The van der Waals surface area contributed by atoms with Crippen LogP contribution in [-0.2, 0) is 4.79 Å². The Balaban J connectivity index is 1.77. The van der Waals surface area contributed by atoms with Crippen LogP contribution in [-0.4, -0.2) is 12.4 Å². The number of carbonyl (C=O) groups excluding carboxylic acids is 1. The van der Waals surface area contributed by atoms with Gasteiger partial charge in [-0.15, -0.1) is 0 Å². The highest BCUT2D eigenvalue weighted by Gasteiger charge is 2.36. The van der Waals surface area contributed by atoms with E-state index in [0.29, 0.717) is 18.1 Å². The molecule has 0 amide bonds. The number of carbonyl (C=O) groups is 1. The lowest BCUT2D eigenvalue weighted by Gasteiger charge is -2.35. The summed E-state index contributed by atoms with van der Waals surface area (Å²) in [7, 11) is 0. The lowest BCUT2D eigenvalue weighted by molar-refractivity contribution is -0.116. The summed E-state index contributed by atoms with van der Waals surface area (Å²) >= 11 is 6.34. The summed E-state index contributed by atoms with van der Waals surface area (Å²) in [5.41, 5.74) is 5.18. The Morgan fingerprint density at radius 3 is 2.83 bits per heavy atom. The van der Waals surface area contributed by atoms with Crippen LogP contribution in [0.1, 0.15) is 43.4 Å². The number of ether oxygens (including phenoxy) is 1. The number of rotatable bonds is 3. The number of ketones is 1. The third-order valence-corrected chi connectivity index (χ3v) is 6.09. The monoisotopic (exact) mass is 403 g/mol. The van der Waals surface area contributed by atoms with Crippen molar-refractivity contribution in [1.82, 2.24) is 0 Å². The fraction of sp³-hybridized carbons (Fsp3) is 0.240. The first kappa shape index (κ1) is 18.3. The first-order valence-corrected chi connectivity index (χ1v) is 10.5. The molecule has 3 nitrogen and oxygen atoms in total. The van der Waals surface area contributed by atoms with Crippen molar-refractivity contribution in [1.29, 1.82) is 0 Å². The molecular formula is C25H22ClNO2. The number of halogens is 1. The van der Waals surface area contributed by atoms with Crippen molar-refractivity contribution in [3.63, 3.8) is 0 Å². The molecule has 0 unspecified atom stereocenters. The first-order chi connectivity index (χ1) is 14.2. The lowest BCUT2D eigenvalue weighted by Crippen LogP contribution is -2.27. The normalized spacial score (nSPS) is 18.3. The zero-order chi connectivity index (χ0) is 20.0. The first-order valence-electron chi connectivity index (χ1n) is 10.1. The molecule has 0 radical (unpaired) electrons. The van der Waals surface area contributed by atoms with Crippen molar-refractivity contribution in [2.45, 2.75) is 32.2 Å². The van der Waals surface area contributed by atoms with Gasteiger partial charge in [-0.3, -0.25) is 4.79 Å². The van der Waals surface area contributed by atoms with E-state index in [2.05, 4.69) is 41.7 Å². The zero-order valence-corrected chi connectivity index (χ0v) is 17.1. The van der Waals surface area contributed by atoms with E-state index in [9.17, 15) is 4.79 Å². The van der Waals surface area contributed by atoms with E-state index in [4.69, 9.17) is 16.3 Å². The number of hydrogen-bond donors (Lipinski definition) is 1. The Bertz CT molecular complexity index is 1160. The Morgan fingerprint density at radius 1 is 1.10 bits per heavy atom. The van der Waals surface area contributed by atoms with Crippen molar-refractivity contribution in [3.8, 4) is 5.75 Å². The predicted molar refractivity (Wildman–Crippen MR) is 119 cm³/mol. The molecule has 146 valence electrons.